The number of carboxylic acid groups (broad SMARTS) is 1. The van der Waals surface area contributed by atoms with Crippen LogP contribution in [0, 0.1) is 19.8 Å². The Hall–Kier alpha value is -1.55. The molecule has 1 aliphatic rings. The van der Waals surface area contributed by atoms with E-state index in [1.807, 2.05) is 0 Å². The SMILES string of the molecule is COc1c(C)cc(C)cc1CCN1CCCC(C(=O)O)C1. The monoisotopic (exact) mass is 291 g/mol. The van der Waals surface area contributed by atoms with Crippen molar-refractivity contribution in [3.05, 3.63) is 28.8 Å². The summed E-state index contributed by atoms with van der Waals surface area (Å²) in [5.41, 5.74) is 3.62. The Morgan fingerprint density at radius 2 is 2.19 bits per heavy atom. The van der Waals surface area contributed by atoms with Crippen LogP contribution in [0.3, 0.4) is 0 Å². The predicted molar refractivity (Wildman–Crippen MR) is 83.0 cm³/mol. The highest BCUT2D eigenvalue weighted by molar-refractivity contribution is 5.70. The summed E-state index contributed by atoms with van der Waals surface area (Å²) >= 11 is 0. The van der Waals surface area contributed by atoms with Crippen LogP contribution in [0.15, 0.2) is 12.1 Å². The lowest BCUT2D eigenvalue weighted by atomic mass is 9.97. The lowest BCUT2D eigenvalue weighted by Crippen LogP contribution is -2.39. The zero-order valence-electron chi connectivity index (χ0n) is 13.2. The van der Waals surface area contributed by atoms with Gasteiger partial charge in [-0.2, -0.15) is 0 Å². The molecule has 1 aliphatic heterocycles. The summed E-state index contributed by atoms with van der Waals surface area (Å²) in [7, 11) is 1.71. The van der Waals surface area contributed by atoms with Gasteiger partial charge in [0.05, 0.1) is 13.0 Å². The van der Waals surface area contributed by atoms with Crippen molar-refractivity contribution in [2.75, 3.05) is 26.7 Å². The van der Waals surface area contributed by atoms with Gasteiger partial charge in [-0.25, -0.2) is 0 Å². The van der Waals surface area contributed by atoms with Gasteiger partial charge in [0, 0.05) is 13.1 Å². The lowest BCUT2D eigenvalue weighted by Gasteiger charge is -2.30. The Kier molecular flexibility index (Phi) is 5.23. The van der Waals surface area contributed by atoms with Crippen molar-refractivity contribution < 1.29 is 14.6 Å². The highest BCUT2D eigenvalue weighted by atomic mass is 16.5. The van der Waals surface area contributed by atoms with Crippen molar-refractivity contribution >= 4 is 5.97 Å². The van der Waals surface area contributed by atoms with Crippen LogP contribution in [0.25, 0.3) is 0 Å². The normalized spacial score (nSPS) is 19.5. The Morgan fingerprint density at radius 1 is 1.43 bits per heavy atom. The summed E-state index contributed by atoms with van der Waals surface area (Å²) in [5, 5.41) is 9.15. The van der Waals surface area contributed by atoms with Crippen LogP contribution < -0.4 is 4.74 Å². The molecule has 4 nitrogen and oxygen atoms in total. The van der Waals surface area contributed by atoms with E-state index in [0.717, 1.165) is 43.7 Å². The summed E-state index contributed by atoms with van der Waals surface area (Å²) in [6.07, 6.45) is 2.68. The molecular formula is C17H25NO3. The summed E-state index contributed by atoms with van der Waals surface area (Å²) in [5.74, 6) is 0.0935. The molecule has 21 heavy (non-hydrogen) atoms. The van der Waals surface area contributed by atoms with Gasteiger partial charge in [-0.3, -0.25) is 4.79 Å². The van der Waals surface area contributed by atoms with E-state index in [2.05, 4.69) is 30.9 Å². The molecule has 0 radical (unpaired) electrons. The van der Waals surface area contributed by atoms with E-state index in [0.29, 0.717) is 6.54 Å². The number of hydrogen-bond acceptors (Lipinski definition) is 3. The smallest absolute Gasteiger partial charge is 0.307 e. The molecule has 1 unspecified atom stereocenters. The Labute approximate surface area is 126 Å². The molecule has 0 aliphatic carbocycles. The first-order valence-corrected chi connectivity index (χ1v) is 7.60. The van der Waals surface area contributed by atoms with Crippen LogP contribution in [0.1, 0.15) is 29.5 Å². The van der Waals surface area contributed by atoms with E-state index in [1.54, 1.807) is 7.11 Å². The van der Waals surface area contributed by atoms with Crippen molar-refractivity contribution in [1.82, 2.24) is 4.90 Å². The van der Waals surface area contributed by atoms with Crippen LogP contribution in [0.5, 0.6) is 5.75 Å². The third-order valence-corrected chi connectivity index (χ3v) is 4.25. The summed E-state index contributed by atoms with van der Waals surface area (Å²) in [6, 6.07) is 4.30. The predicted octanol–water partition coefficient (Wildman–Crippen LogP) is 2.65. The highest BCUT2D eigenvalue weighted by Gasteiger charge is 2.25. The summed E-state index contributed by atoms with van der Waals surface area (Å²) in [4.78, 5) is 13.4. The summed E-state index contributed by atoms with van der Waals surface area (Å²) in [6.45, 7) is 6.72. The van der Waals surface area contributed by atoms with Gasteiger partial charge in [0.15, 0.2) is 0 Å². The van der Waals surface area contributed by atoms with Gasteiger partial charge in [0.1, 0.15) is 5.75 Å². The quantitative estimate of drug-likeness (QED) is 0.906. The fourth-order valence-electron chi connectivity index (χ4n) is 3.26. The largest absolute Gasteiger partial charge is 0.496 e. The van der Waals surface area contributed by atoms with Crippen molar-refractivity contribution in [1.29, 1.82) is 0 Å². The molecule has 1 heterocycles. The molecule has 0 amide bonds. The Balaban J connectivity index is 2.01. The maximum Gasteiger partial charge on any atom is 0.307 e. The molecule has 1 aromatic carbocycles. The average molecular weight is 291 g/mol. The zero-order chi connectivity index (χ0) is 15.4. The first-order valence-electron chi connectivity index (χ1n) is 7.60. The van der Waals surface area contributed by atoms with E-state index in [9.17, 15) is 4.79 Å². The standard InChI is InChI=1S/C17H25NO3/c1-12-9-13(2)16(21-3)14(10-12)6-8-18-7-4-5-15(11-18)17(19)20/h9-10,15H,4-8,11H2,1-3H3,(H,19,20). The molecule has 1 saturated heterocycles. The first kappa shape index (κ1) is 15.8. The van der Waals surface area contributed by atoms with E-state index in [4.69, 9.17) is 9.84 Å². The van der Waals surface area contributed by atoms with Crippen molar-refractivity contribution in [3.8, 4) is 5.75 Å². The third-order valence-electron chi connectivity index (χ3n) is 4.25. The molecule has 1 N–H and O–H groups in total. The summed E-state index contributed by atoms with van der Waals surface area (Å²) < 4.78 is 5.52. The number of aliphatic carboxylic acids is 1. The van der Waals surface area contributed by atoms with E-state index >= 15 is 0 Å². The number of benzene rings is 1. The van der Waals surface area contributed by atoms with Crippen molar-refractivity contribution in [2.45, 2.75) is 33.1 Å². The third kappa shape index (κ3) is 3.97. The highest BCUT2D eigenvalue weighted by Crippen LogP contribution is 2.26. The Morgan fingerprint density at radius 3 is 2.86 bits per heavy atom. The van der Waals surface area contributed by atoms with Gasteiger partial charge in [-0.15, -0.1) is 0 Å². The number of carboxylic acids is 1. The van der Waals surface area contributed by atoms with E-state index in [-0.39, 0.29) is 5.92 Å². The number of ether oxygens (including phenoxy) is 1. The molecule has 0 saturated carbocycles. The van der Waals surface area contributed by atoms with Crippen LogP contribution in [-0.2, 0) is 11.2 Å². The molecule has 1 aromatic rings. The van der Waals surface area contributed by atoms with E-state index < -0.39 is 5.97 Å². The molecule has 1 fully saturated rings. The number of piperidine rings is 1. The van der Waals surface area contributed by atoms with Gasteiger partial charge < -0.3 is 14.7 Å². The molecule has 1 atom stereocenters. The number of aryl methyl sites for hydroxylation is 2. The fraction of sp³-hybridized carbons (Fsp3) is 0.588. The van der Waals surface area contributed by atoms with Crippen LogP contribution in [0.2, 0.25) is 0 Å². The topological polar surface area (TPSA) is 49.8 Å². The number of carbonyl (C=O) groups is 1. The second-order valence-electron chi connectivity index (χ2n) is 6.00. The first-order chi connectivity index (χ1) is 10.0. The average Bonchev–Trinajstić information content (AvgIpc) is 2.45. The van der Waals surface area contributed by atoms with Gasteiger partial charge in [0.2, 0.25) is 0 Å². The van der Waals surface area contributed by atoms with Crippen LogP contribution in [0.4, 0.5) is 0 Å². The molecule has 0 spiro atoms. The molecule has 116 valence electrons. The minimum atomic E-state index is -0.663. The fourth-order valence-corrected chi connectivity index (χ4v) is 3.26. The minimum Gasteiger partial charge on any atom is -0.496 e. The van der Waals surface area contributed by atoms with Gasteiger partial charge >= 0.3 is 5.97 Å². The second kappa shape index (κ2) is 6.94. The van der Waals surface area contributed by atoms with Crippen molar-refractivity contribution in [2.24, 2.45) is 5.92 Å². The molecular weight excluding hydrogens is 266 g/mol. The number of hydrogen-bond donors (Lipinski definition) is 1. The number of rotatable bonds is 5. The molecule has 2 rings (SSSR count). The maximum atomic E-state index is 11.1. The van der Waals surface area contributed by atoms with Gasteiger partial charge in [-0.05, 0) is 50.8 Å². The number of methoxy groups -OCH3 is 1. The number of nitrogens with zero attached hydrogens (tertiary/aromatic N) is 1. The maximum absolute atomic E-state index is 11.1. The molecule has 4 heteroatoms. The number of likely N-dealkylation sites (tertiary alicyclic amines) is 1. The molecule has 0 aromatic heterocycles. The zero-order valence-corrected chi connectivity index (χ0v) is 13.2. The Bertz CT molecular complexity index is 513. The molecule has 0 bridgehead atoms. The van der Waals surface area contributed by atoms with Gasteiger partial charge in [-0.1, -0.05) is 17.7 Å². The van der Waals surface area contributed by atoms with Crippen molar-refractivity contribution in [3.63, 3.8) is 0 Å². The minimum absolute atomic E-state index is 0.208. The van der Waals surface area contributed by atoms with Crippen LogP contribution >= 0.6 is 0 Å². The lowest BCUT2D eigenvalue weighted by molar-refractivity contribution is -0.143. The van der Waals surface area contributed by atoms with Gasteiger partial charge in [0.25, 0.3) is 0 Å². The second-order valence-corrected chi connectivity index (χ2v) is 6.00. The van der Waals surface area contributed by atoms with Crippen LogP contribution in [-0.4, -0.2) is 42.7 Å². The van der Waals surface area contributed by atoms with E-state index in [1.165, 1.54) is 11.1 Å².